The molecule has 3 heteroatoms. The van der Waals surface area contributed by atoms with Crippen LogP contribution in [-0.2, 0) is 0 Å². The number of rotatable bonds is 3. The molecular weight excluding hydrogens is 206 g/mol. The summed E-state index contributed by atoms with van der Waals surface area (Å²) < 4.78 is 0. The Morgan fingerprint density at radius 1 is 1.33 bits per heavy atom. The van der Waals surface area contributed by atoms with Crippen LogP contribution in [0.2, 0.25) is 0 Å². The van der Waals surface area contributed by atoms with Gasteiger partial charge < -0.3 is 10.8 Å². The van der Waals surface area contributed by atoms with Gasteiger partial charge in [-0.15, -0.1) is 0 Å². The monoisotopic (exact) mass is 223 g/mol. The molecule has 15 heavy (non-hydrogen) atoms. The van der Waals surface area contributed by atoms with E-state index < -0.39 is 6.10 Å². The number of hydrogen-bond acceptors (Lipinski definition) is 3. The van der Waals surface area contributed by atoms with Gasteiger partial charge in [-0.1, -0.05) is 30.3 Å². The molecule has 0 bridgehead atoms. The second kappa shape index (κ2) is 5.01. The van der Waals surface area contributed by atoms with Crippen molar-refractivity contribution in [2.24, 2.45) is 11.7 Å². The molecule has 2 rings (SSSR count). The van der Waals surface area contributed by atoms with Gasteiger partial charge in [0.05, 0.1) is 12.1 Å². The molecule has 1 heterocycles. The van der Waals surface area contributed by atoms with E-state index in [1.54, 1.807) is 0 Å². The van der Waals surface area contributed by atoms with Crippen LogP contribution in [-0.4, -0.2) is 22.7 Å². The number of hydrogen-bond donors (Lipinski definition) is 2. The summed E-state index contributed by atoms with van der Waals surface area (Å²) in [5, 5.41) is 10.1. The minimum absolute atomic E-state index is 0.241. The summed E-state index contributed by atoms with van der Waals surface area (Å²) in [5.74, 6) is 2.57. The smallest absolute Gasteiger partial charge is 0.0769 e. The first-order valence-corrected chi connectivity index (χ1v) is 6.51. The predicted octanol–water partition coefficient (Wildman–Crippen LogP) is 1.80. The van der Waals surface area contributed by atoms with Gasteiger partial charge in [-0.2, -0.15) is 11.8 Å². The van der Waals surface area contributed by atoms with Gasteiger partial charge in [0, 0.05) is 0 Å². The third kappa shape index (κ3) is 2.54. The Kier molecular flexibility index (Phi) is 3.67. The molecule has 1 saturated heterocycles. The van der Waals surface area contributed by atoms with Crippen LogP contribution in [0, 0.1) is 5.92 Å². The molecule has 0 amide bonds. The topological polar surface area (TPSA) is 46.2 Å². The zero-order valence-corrected chi connectivity index (χ0v) is 9.49. The van der Waals surface area contributed by atoms with Gasteiger partial charge in [-0.25, -0.2) is 0 Å². The van der Waals surface area contributed by atoms with Crippen molar-refractivity contribution in [3.8, 4) is 0 Å². The molecule has 2 nitrogen and oxygen atoms in total. The van der Waals surface area contributed by atoms with Crippen molar-refractivity contribution in [2.45, 2.75) is 18.6 Å². The van der Waals surface area contributed by atoms with Crippen molar-refractivity contribution in [1.82, 2.24) is 0 Å². The summed E-state index contributed by atoms with van der Waals surface area (Å²) >= 11 is 1.91. The van der Waals surface area contributed by atoms with Crippen molar-refractivity contribution in [3.05, 3.63) is 35.9 Å². The molecule has 0 aliphatic carbocycles. The first-order valence-electron chi connectivity index (χ1n) is 5.35. The van der Waals surface area contributed by atoms with E-state index in [4.69, 9.17) is 5.73 Å². The quantitative estimate of drug-likeness (QED) is 0.821. The number of aliphatic hydroxyl groups excluding tert-OH is 1. The molecule has 1 aromatic carbocycles. The van der Waals surface area contributed by atoms with Crippen LogP contribution < -0.4 is 5.73 Å². The van der Waals surface area contributed by atoms with E-state index in [1.165, 1.54) is 0 Å². The number of aliphatic hydroxyl groups is 1. The minimum atomic E-state index is -0.401. The lowest BCUT2D eigenvalue weighted by atomic mass is 9.92. The average molecular weight is 223 g/mol. The maximum atomic E-state index is 10.1. The molecule has 3 atom stereocenters. The zero-order valence-electron chi connectivity index (χ0n) is 8.67. The normalized spacial score (nSPS) is 25.1. The molecule has 3 N–H and O–H groups in total. The van der Waals surface area contributed by atoms with Crippen LogP contribution in [0.4, 0.5) is 0 Å². The third-order valence-corrected chi connectivity index (χ3v) is 4.19. The molecule has 82 valence electrons. The Morgan fingerprint density at radius 2 is 2.07 bits per heavy atom. The molecule has 0 radical (unpaired) electrons. The Hall–Kier alpha value is -0.510. The first-order chi connectivity index (χ1) is 7.29. The van der Waals surface area contributed by atoms with Crippen LogP contribution in [0.1, 0.15) is 18.0 Å². The lowest BCUT2D eigenvalue weighted by Gasteiger charge is -2.24. The molecule has 1 aliphatic rings. The van der Waals surface area contributed by atoms with Crippen molar-refractivity contribution >= 4 is 11.8 Å². The van der Waals surface area contributed by atoms with E-state index >= 15 is 0 Å². The molecule has 0 saturated carbocycles. The largest absolute Gasteiger partial charge is 0.391 e. The van der Waals surface area contributed by atoms with Crippen molar-refractivity contribution in [1.29, 1.82) is 0 Å². The van der Waals surface area contributed by atoms with Gasteiger partial charge in [0.15, 0.2) is 0 Å². The van der Waals surface area contributed by atoms with E-state index in [0.29, 0.717) is 5.92 Å². The van der Waals surface area contributed by atoms with Crippen LogP contribution in [0.5, 0.6) is 0 Å². The van der Waals surface area contributed by atoms with Crippen molar-refractivity contribution in [3.63, 3.8) is 0 Å². The van der Waals surface area contributed by atoms with Crippen molar-refractivity contribution < 1.29 is 5.11 Å². The fourth-order valence-corrected chi connectivity index (χ4v) is 3.29. The Balaban J connectivity index is 2.03. The van der Waals surface area contributed by atoms with Gasteiger partial charge in [-0.3, -0.25) is 0 Å². The summed E-state index contributed by atoms with van der Waals surface area (Å²) in [5.41, 5.74) is 7.09. The Labute approximate surface area is 94.9 Å². The first kappa shape index (κ1) is 11.0. The summed E-state index contributed by atoms with van der Waals surface area (Å²) in [4.78, 5) is 0. The maximum absolute atomic E-state index is 10.1. The zero-order chi connectivity index (χ0) is 10.7. The van der Waals surface area contributed by atoms with E-state index in [9.17, 15) is 5.11 Å². The molecule has 3 unspecified atom stereocenters. The van der Waals surface area contributed by atoms with E-state index in [1.807, 2.05) is 42.1 Å². The summed E-state index contributed by atoms with van der Waals surface area (Å²) in [6, 6.07) is 9.62. The number of thioether (sulfide) groups is 1. The highest BCUT2D eigenvalue weighted by atomic mass is 32.2. The SMILES string of the molecule is NC(c1ccccc1)C(O)C1CCSC1. The molecular formula is C12H17NOS. The molecule has 1 aromatic rings. The summed E-state index contributed by atoms with van der Waals surface area (Å²) in [6.45, 7) is 0. The second-order valence-corrected chi connectivity index (χ2v) is 5.20. The van der Waals surface area contributed by atoms with Gasteiger partial charge in [0.1, 0.15) is 0 Å². The fraction of sp³-hybridized carbons (Fsp3) is 0.500. The molecule has 0 aromatic heterocycles. The van der Waals surface area contributed by atoms with E-state index in [-0.39, 0.29) is 6.04 Å². The molecule has 1 aliphatic heterocycles. The van der Waals surface area contributed by atoms with Crippen LogP contribution in [0.15, 0.2) is 30.3 Å². The molecule has 0 spiro atoms. The second-order valence-electron chi connectivity index (χ2n) is 4.05. The third-order valence-electron chi connectivity index (χ3n) is 3.00. The van der Waals surface area contributed by atoms with E-state index in [2.05, 4.69) is 0 Å². The Morgan fingerprint density at radius 3 is 2.67 bits per heavy atom. The number of nitrogens with two attached hydrogens (primary N) is 1. The summed E-state index contributed by atoms with van der Waals surface area (Å²) in [6.07, 6.45) is 0.689. The minimum Gasteiger partial charge on any atom is -0.391 e. The van der Waals surface area contributed by atoms with Crippen LogP contribution in [0.3, 0.4) is 0 Å². The lowest BCUT2D eigenvalue weighted by Crippen LogP contribution is -2.33. The van der Waals surface area contributed by atoms with Crippen molar-refractivity contribution in [2.75, 3.05) is 11.5 Å². The predicted molar refractivity (Wildman–Crippen MR) is 64.8 cm³/mol. The van der Waals surface area contributed by atoms with E-state index in [0.717, 1.165) is 23.5 Å². The Bertz CT molecular complexity index is 298. The highest BCUT2D eigenvalue weighted by Gasteiger charge is 2.28. The van der Waals surface area contributed by atoms with Gasteiger partial charge in [0.25, 0.3) is 0 Å². The maximum Gasteiger partial charge on any atom is 0.0769 e. The van der Waals surface area contributed by atoms with Gasteiger partial charge >= 0.3 is 0 Å². The lowest BCUT2D eigenvalue weighted by molar-refractivity contribution is 0.0931. The molecule has 1 fully saturated rings. The van der Waals surface area contributed by atoms with Gasteiger partial charge in [0.2, 0.25) is 0 Å². The van der Waals surface area contributed by atoms with Crippen LogP contribution in [0.25, 0.3) is 0 Å². The summed E-state index contributed by atoms with van der Waals surface area (Å²) in [7, 11) is 0. The standard InChI is InChI=1S/C12H17NOS/c13-11(9-4-2-1-3-5-9)12(14)10-6-7-15-8-10/h1-5,10-12,14H,6-8,13H2. The number of benzene rings is 1. The highest BCUT2D eigenvalue weighted by molar-refractivity contribution is 7.99. The highest BCUT2D eigenvalue weighted by Crippen LogP contribution is 2.30. The fourth-order valence-electron chi connectivity index (χ4n) is 1.99. The van der Waals surface area contributed by atoms with Gasteiger partial charge in [-0.05, 0) is 29.4 Å². The average Bonchev–Trinajstić information content (AvgIpc) is 2.82. The van der Waals surface area contributed by atoms with Crippen LogP contribution >= 0.6 is 11.8 Å².